The van der Waals surface area contributed by atoms with Crippen LogP contribution < -0.4 is 0 Å². The zero-order chi connectivity index (χ0) is 21.4. The van der Waals surface area contributed by atoms with E-state index in [1.165, 1.54) is 0 Å². The fourth-order valence-electron chi connectivity index (χ4n) is 1.78. The second-order valence-electron chi connectivity index (χ2n) is 5.42. The van der Waals surface area contributed by atoms with Gasteiger partial charge < -0.3 is 28.4 Å². The summed E-state index contributed by atoms with van der Waals surface area (Å²) < 4.78 is 31.6. The summed E-state index contributed by atoms with van der Waals surface area (Å²) in [5.41, 5.74) is 0. The van der Waals surface area contributed by atoms with Gasteiger partial charge in [0.15, 0.2) is 0 Å². The molecule has 0 bridgehead atoms. The molecule has 0 aliphatic carbocycles. The number of hydrogen-bond donors (Lipinski definition) is 0. The molecule has 9 heteroatoms. The van der Waals surface area contributed by atoms with Crippen molar-refractivity contribution in [1.29, 1.82) is 0 Å². The molecule has 0 fully saturated rings. The Morgan fingerprint density at radius 3 is 1.18 bits per heavy atom. The van der Waals surface area contributed by atoms with Crippen LogP contribution >= 0.6 is 0 Å². The molecule has 0 aromatic carbocycles. The Balaban J connectivity index is 4.82. The topological polar surface area (TPSA) is 107 Å². The molecule has 0 atom stereocenters. The van der Waals surface area contributed by atoms with E-state index >= 15 is 0 Å². The largest absolute Gasteiger partial charge is 0.460 e. The van der Waals surface area contributed by atoms with E-state index in [-0.39, 0.29) is 45.6 Å². The van der Waals surface area contributed by atoms with Gasteiger partial charge in [-0.2, -0.15) is 0 Å². The zero-order valence-corrected chi connectivity index (χ0v) is 16.3. The summed E-state index contributed by atoms with van der Waals surface area (Å²) in [5.74, 6) is -3.62. The Morgan fingerprint density at radius 2 is 0.964 bits per heavy atom. The second kappa shape index (κ2) is 14.6. The third-order valence-electron chi connectivity index (χ3n) is 3.10. The van der Waals surface area contributed by atoms with Gasteiger partial charge in [-0.15, -0.1) is 0 Å². The van der Waals surface area contributed by atoms with Gasteiger partial charge in [0.1, 0.15) is 19.8 Å². The minimum absolute atomic E-state index is 0.0311. The first-order valence-corrected chi connectivity index (χ1v) is 8.60. The molecule has 0 aliphatic rings. The van der Waals surface area contributed by atoms with E-state index < -0.39 is 23.9 Å². The molecule has 0 saturated carbocycles. The lowest BCUT2D eigenvalue weighted by molar-refractivity contribution is -0.403. The number of rotatable bonds is 16. The summed E-state index contributed by atoms with van der Waals surface area (Å²) >= 11 is 0. The highest BCUT2D eigenvalue weighted by Gasteiger charge is 2.38. The van der Waals surface area contributed by atoms with Gasteiger partial charge in [-0.3, -0.25) is 0 Å². The molecule has 0 heterocycles. The fourth-order valence-corrected chi connectivity index (χ4v) is 1.78. The molecule has 0 aliphatic heterocycles. The van der Waals surface area contributed by atoms with Gasteiger partial charge in [-0.25, -0.2) is 14.4 Å². The molecule has 0 unspecified atom stereocenters. The SMILES string of the molecule is C=CC(=O)OCCOC(OCCOC(=O)C=C)(OCCOC(=O)C=C)C(C)C. The standard InChI is InChI=1S/C19H28O9/c1-6-16(20)23-9-12-26-19(15(4)5,27-13-10-24-17(21)7-2)28-14-11-25-18(22)8-3/h6-8,15H,1-3,9-14H2,4-5H3. The van der Waals surface area contributed by atoms with Crippen LogP contribution in [0.3, 0.4) is 0 Å². The molecule has 0 rings (SSSR count). The molecule has 28 heavy (non-hydrogen) atoms. The normalized spacial score (nSPS) is 10.8. The van der Waals surface area contributed by atoms with Crippen LogP contribution in [0.1, 0.15) is 13.8 Å². The number of hydrogen-bond acceptors (Lipinski definition) is 9. The smallest absolute Gasteiger partial charge is 0.330 e. The molecular weight excluding hydrogens is 372 g/mol. The first-order valence-electron chi connectivity index (χ1n) is 8.60. The number of carbonyl (C=O) groups excluding carboxylic acids is 3. The van der Waals surface area contributed by atoms with Crippen molar-refractivity contribution < 1.29 is 42.8 Å². The molecular formula is C19H28O9. The van der Waals surface area contributed by atoms with Crippen molar-refractivity contribution in [3.63, 3.8) is 0 Å². The molecule has 0 N–H and O–H groups in total. The predicted molar refractivity (Wildman–Crippen MR) is 98.9 cm³/mol. The van der Waals surface area contributed by atoms with Crippen LogP contribution in [0.15, 0.2) is 38.0 Å². The van der Waals surface area contributed by atoms with Crippen LogP contribution in [-0.2, 0) is 42.8 Å². The highest BCUT2D eigenvalue weighted by molar-refractivity contribution is 5.81. The van der Waals surface area contributed by atoms with Crippen molar-refractivity contribution in [2.24, 2.45) is 5.92 Å². The van der Waals surface area contributed by atoms with Gasteiger partial charge >= 0.3 is 17.9 Å². The average molecular weight is 400 g/mol. The summed E-state index contributed by atoms with van der Waals surface area (Å²) in [6.45, 7) is 13.2. The molecule has 0 amide bonds. The van der Waals surface area contributed by atoms with Gasteiger partial charge in [-0.05, 0) is 0 Å². The second-order valence-corrected chi connectivity index (χ2v) is 5.42. The molecule has 0 spiro atoms. The van der Waals surface area contributed by atoms with Crippen molar-refractivity contribution in [2.75, 3.05) is 39.6 Å². The highest BCUT2D eigenvalue weighted by atomic mass is 16.9. The van der Waals surface area contributed by atoms with E-state index in [2.05, 4.69) is 19.7 Å². The van der Waals surface area contributed by atoms with Crippen LogP contribution in [-0.4, -0.2) is 63.5 Å². The lowest BCUT2D eigenvalue weighted by atomic mass is 10.1. The third-order valence-corrected chi connectivity index (χ3v) is 3.10. The maximum absolute atomic E-state index is 11.1. The van der Waals surface area contributed by atoms with Crippen LogP contribution in [0.5, 0.6) is 0 Å². The monoisotopic (exact) mass is 400 g/mol. The van der Waals surface area contributed by atoms with Crippen LogP contribution in [0, 0.1) is 5.92 Å². The first kappa shape index (κ1) is 25.5. The summed E-state index contributed by atoms with van der Waals surface area (Å²) in [5, 5.41) is 0. The van der Waals surface area contributed by atoms with Gasteiger partial charge in [0.25, 0.3) is 5.97 Å². The summed E-state index contributed by atoms with van der Waals surface area (Å²) in [6, 6.07) is 0. The molecule has 9 nitrogen and oxygen atoms in total. The minimum Gasteiger partial charge on any atom is -0.460 e. The van der Waals surface area contributed by atoms with Crippen molar-refractivity contribution in [1.82, 2.24) is 0 Å². The highest BCUT2D eigenvalue weighted by Crippen LogP contribution is 2.25. The summed E-state index contributed by atoms with van der Waals surface area (Å²) in [6.07, 6.45) is 3.10. The zero-order valence-electron chi connectivity index (χ0n) is 16.3. The Morgan fingerprint density at radius 1 is 0.679 bits per heavy atom. The van der Waals surface area contributed by atoms with Crippen LogP contribution in [0.2, 0.25) is 0 Å². The van der Waals surface area contributed by atoms with E-state index in [9.17, 15) is 14.4 Å². The van der Waals surface area contributed by atoms with Gasteiger partial charge in [-0.1, -0.05) is 33.6 Å². The molecule has 0 aromatic heterocycles. The maximum Gasteiger partial charge on any atom is 0.330 e. The van der Waals surface area contributed by atoms with Gasteiger partial charge in [0.2, 0.25) is 0 Å². The Labute approximate surface area is 164 Å². The summed E-state index contributed by atoms with van der Waals surface area (Å²) in [7, 11) is 0. The maximum atomic E-state index is 11.1. The van der Waals surface area contributed by atoms with Crippen molar-refractivity contribution in [2.45, 2.75) is 19.8 Å². The molecule has 0 saturated heterocycles. The van der Waals surface area contributed by atoms with Crippen LogP contribution in [0.25, 0.3) is 0 Å². The van der Waals surface area contributed by atoms with E-state index in [1.54, 1.807) is 13.8 Å². The van der Waals surface area contributed by atoms with E-state index in [4.69, 9.17) is 28.4 Å². The lowest BCUT2D eigenvalue weighted by Gasteiger charge is -2.36. The fraction of sp³-hybridized carbons (Fsp3) is 0.526. The number of carbonyl (C=O) groups is 3. The number of ether oxygens (including phenoxy) is 6. The molecule has 158 valence electrons. The van der Waals surface area contributed by atoms with E-state index in [1.807, 2.05) is 0 Å². The minimum atomic E-state index is -1.54. The lowest BCUT2D eigenvalue weighted by Crippen LogP contribution is -2.46. The Hall–Kier alpha value is -2.49. The average Bonchev–Trinajstić information content (AvgIpc) is 2.69. The van der Waals surface area contributed by atoms with Gasteiger partial charge in [0, 0.05) is 24.1 Å². The summed E-state index contributed by atoms with van der Waals surface area (Å²) in [4.78, 5) is 33.3. The third kappa shape index (κ3) is 10.6. The van der Waals surface area contributed by atoms with Gasteiger partial charge in [0.05, 0.1) is 19.8 Å². The van der Waals surface area contributed by atoms with Crippen molar-refractivity contribution in [3.05, 3.63) is 38.0 Å². The number of esters is 3. The Kier molecular flexibility index (Phi) is 13.3. The molecule has 0 aromatic rings. The Bertz CT molecular complexity index is 470. The quantitative estimate of drug-likeness (QED) is 0.125. The van der Waals surface area contributed by atoms with Crippen LogP contribution in [0.4, 0.5) is 0 Å². The first-order chi connectivity index (χ1) is 13.3. The predicted octanol–water partition coefficient (Wildman–Crippen LogP) is 1.53. The van der Waals surface area contributed by atoms with Crippen molar-refractivity contribution in [3.8, 4) is 0 Å². The van der Waals surface area contributed by atoms with E-state index in [0.29, 0.717) is 0 Å². The van der Waals surface area contributed by atoms with Crippen molar-refractivity contribution >= 4 is 17.9 Å². The van der Waals surface area contributed by atoms with E-state index in [0.717, 1.165) is 18.2 Å². The molecule has 0 radical (unpaired) electrons.